The zero-order valence-electron chi connectivity index (χ0n) is 20.0. The molecule has 3 atom stereocenters. The third-order valence-electron chi connectivity index (χ3n) is 6.62. The van der Waals surface area contributed by atoms with Gasteiger partial charge in [0, 0.05) is 24.2 Å². The Labute approximate surface area is 219 Å². The predicted molar refractivity (Wildman–Crippen MR) is 143 cm³/mol. The second-order valence-corrected chi connectivity index (χ2v) is 11.5. The van der Waals surface area contributed by atoms with Crippen molar-refractivity contribution < 1.29 is 19.4 Å². The number of piperidine rings is 1. The van der Waals surface area contributed by atoms with Crippen LogP contribution in [0.25, 0.3) is 10.9 Å². The number of likely N-dealkylation sites (tertiary alicyclic amines) is 1. The Balaban J connectivity index is 1.36. The molecule has 1 aliphatic heterocycles. The average molecular weight is 535 g/mol. The number of halogens is 1. The monoisotopic (exact) mass is 534 g/mol. The van der Waals surface area contributed by atoms with Gasteiger partial charge in [0.1, 0.15) is 5.75 Å². The van der Waals surface area contributed by atoms with E-state index < -0.39 is 6.10 Å². The highest BCUT2D eigenvalue weighted by atomic mass is 35.5. The first-order chi connectivity index (χ1) is 17.0. The molecule has 1 N–H and O–H groups in total. The molecule has 3 aromatic rings. The maximum absolute atomic E-state index is 12.6. The largest absolute Gasteiger partial charge is 0.497 e. The fourth-order valence-corrected chi connectivity index (χ4v) is 6.82. The quantitative estimate of drug-likeness (QED) is 0.265. The first-order valence-electron chi connectivity index (χ1n) is 11.8. The van der Waals surface area contributed by atoms with Gasteiger partial charge in [-0.3, -0.25) is 4.79 Å². The number of methoxy groups -OCH3 is 2. The van der Waals surface area contributed by atoms with E-state index in [1.807, 2.05) is 36.0 Å². The number of pyridine rings is 1. The molecule has 6 nitrogen and oxygen atoms in total. The van der Waals surface area contributed by atoms with Gasteiger partial charge in [-0.1, -0.05) is 17.7 Å². The number of benzene rings is 1. The lowest BCUT2D eigenvalue weighted by atomic mass is 9.81. The van der Waals surface area contributed by atoms with E-state index in [1.165, 1.54) is 11.3 Å². The number of carbonyl (C=O) groups is 1. The number of thioether (sulfide) groups is 1. The lowest BCUT2D eigenvalue weighted by Crippen LogP contribution is -2.45. The number of carbonyl (C=O) groups excluding carboxylic acids is 1. The Morgan fingerprint density at radius 1 is 1.34 bits per heavy atom. The Morgan fingerprint density at radius 2 is 2.20 bits per heavy atom. The molecule has 0 saturated carbocycles. The molecule has 0 bridgehead atoms. The maximum atomic E-state index is 12.6. The Hall–Kier alpha value is -1.84. The van der Waals surface area contributed by atoms with Crippen LogP contribution in [-0.4, -0.2) is 60.6 Å². The second-order valence-electron chi connectivity index (χ2n) is 8.77. The van der Waals surface area contributed by atoms with Crippen molar-refractivity contribution in [1.82, 2.24) is 9.88 Å². The summed E-state index contributed by atoms with van der Waals surface area (Å²) in [5, 5.41) is 14.3. The molecule has 1 fully saturated rings. The van der Waals surface area contributed by atoms with Crippen molar-refractivity contribution in [3.63, 3.8) is 0 Å². The summed E-state index contributed by atoms with van der Waals surface area (Å²) in [7, 11) is 3.07. The molecule has 1 aliphatic rings. The minimum Gasteiger partial charge on any atom is -0.497 e. The molecule has 0 amide bonds. The maximum Gasteiger partial charge on any atom is 0.310 e. The summed E-state index contributed by atoms with van der Waals surface area (Å²) in [6.07, 6.45) is 1.29. The number of esters is 1. The summed E-state index contributed by atoms with van der Waals surface area (Å²) < 4.78 is 11.7. The summed E-state index contributed by atoms with van der Waals surface area (Å²) in [6, 6.07) is 11.6. The molecule has 2 aromatic heterocycles. The van der Waals surface area contributed by atoms with Crippen molar-refractivity contribution in [3.8, 4) is 5.75 Å². The summed E-state index contributed by atoms with van der Waals surface area (Å²) in [6.45, 7) is 2.57. The minimum atomic E-state index is -0.799. The van der Waals surface area contributed by atoms with Crippen LogP contribution < -0.4 is 4.74 Å². The number of ether oxygens (including phenoxy) is 2. The molecule has 9 heteroatoms. The number of fused-ring (bicyclic) bond motifs is 1. The van der Waals surface area contributed by atoms with Crippen LogP contribution in [0.2, 0.25) is 5.02 Å². The minimum absolute atomic E-state index is 0.154. The Morgan fingerprint density at radius 3 is 2.94 bits per heavy atom. The van der Waals surface area contributed by atoms with Gasteiger partial charge in [0.25, 0.3) is 0 Å². The number of nitrogens with zero attached hydrogens (tertiary/aromatic N) is 2. The molecule has 3 heterocycles. The van der Waals surface area contributed by atoms with E-state index in [0.29, 0.717) is 30.1 Å². The highest BCUT2D eigenvalue weighted by molar-refractivity contribution is 8.01. The smallest absolute Gasteiger partial charge is 0.310 e. The number of rotatable bonds is 10. The first kappa shape index (κ1) is 26.2. The van der Waals surface area contributed by atoms with Crippen molar-refractivity contribution >= 4 is 51.6 Å². The zero-order valence-corrected chi connectivity index (χ0v) is 22.4. The van der Waals surface area contributed by atoms with Gasteiger partial charge < -0.3 is 19.5 Å². The van der Waals surface area contributed by atoms with E-state index in [4.69, 9.17) is 21.1 Å². The van der Waals surface area contributed by atoms with E-state index in [9.17, 15) is 9.90 Å². The van der Waals surface area contributed by atoms with E-state index in [2.05, 4.69) is 27.4 Å². The van der Waals surface area contributed by atoms with E-state index >= 15 is 0 Å². The van der Waals surface area contributed by atoms with Crippen molar-refractivity contribution in [2.45, 2.75) is 29.6 Å². The molecule has 0 aliphatic carbocycles. The first-order valence-corrected chi connectivity index (χ1v) is 14.0. The van der Waals surface area contributed by atoms with Gasteiger partial charge in [0.15, 0.2) is 0 Å². The van der Waals surface area contributed by atoms with Gasteiger partial charge in [-0.05, 0) is 67.4 Å². The van der Waals surface area contributed by atoms with Gasteiger partial charge in [0.05, 0.1) is 46.7 Å². The molecule has 35 heavy (non-hydrogen) atoms. The van der Waals surface area contributed by atoms with Gasteiger partial charge in [-0.25, -0.2) is 4.98 Å². The summed E-state index contributed by atoms with van der Waals surface area (Å²) in [5.41, 5.74) is 1.23. The van der Waals surface area contributed by atoms with Crippen LogP contribution in [0.3, 0.4) is 0 Å². The van der Waals surface area contributed by atoms with Gasteiger partial charge in [-0.2, -0.15) is 0 Å². The lowest BCUT2D eigenvalue weighted by Gasteiger charge is -2.37. The van der Waals surface area contributed by atoms with Crippen molar-refractivity contribution in [1.29, 1.82) is 0 Å². The van der Waals surface area contributed by atoms with Gasteiger partial charge >= 0.3 is 5.97 Å². The van der Waals surface area contributed by atoms with Gasteiger partial charge in [-0.15, -0.1) is 23.1 Å². The topological polar surface area (TPSA) is 71.9 Å². The molecule has 0 spiro atoms. The molecule has 1 aromatic carbocycles. The van der Waals surface area contributed by atoms with E-state index in [1.54, 1.807) is 18.4 Å². The summed E-state index contributed by atoms with van der Waals surface area (Å²) >= 11 is 10.1. The molecule has 0 radical (unpaired) electrons. The zero-order chi connectivity index (χ0) is 24.8. The number of thiophene rings is 1. The number of aromatic nitrogens is 1. The predicted octanol–water partition coefficient (Wildman–Crippen LogP) is 5.68. The number of hydrogen-bond donors (Lipinski definition) is 1. The van der Waals surface area contributed by atoms with Crippen LogP contribution in [0.15, 0.2) is 46.0 Å². The summed E-state index contributed by atoms with van der Waals surface area (Å²) in [4.78, 5) is 19.6. The Bertz CT molecular complexity index is 1130. The highest BCUT2D eigenvalue weighted by Crippen LogP contribution is 2.34. The van der Waals surface area contributed by atoms with Crippen LogP contribution in [0.4, 0.5) is 0 Å². The number of aliphatic hydroxyl groups excluding tert-OH is 1. The molecule has 1 saturated heterocycles. The van der Waals surface area contributed by atoms with Crippen molar-refractivity contribution in [3.05, 3.63) is 52.5 Å². The SMILES string of the molecule is COC(=O)[C@@H]1CN(CCSc2cccs2)CC[C@@H]1CC[C@H](O)c1nc2ccc(OC)cc2cc1Cl. The molecule has 188 valence electrons. The van der Waals surface area contributed by atoms with E-state index in [-0.39, 0.29) is 17.8 Å². The molecular weight excluding hydrogens is 504 g/mol. The normalized spacial score (nSPS) is 19.5. The van der Waals surface area contributed by atoms with Crippen molar-refractivity contribution in [2.75, 3.05) is 39.6 Å². The molecule has 4 rings (SSSR count). The fourth-order valence-electron chi connectivity index (χ4n) is 4.67. The lowest BCUT2D eigenvalue weighted by molar-refractivity contribution is -0.150. The van der Waals surface area contributed by atoms with Crippen LogP contribution in [0, 0.1) is 11.8 Å². The number of aliphatic hydroxyl groups is 1. The van der Waals surface area contributed by atoms with Crippen molar-refractivity contribution in [2.24, 2.45) is 11.8 Å². The highest BCUT2D eigenvalue weighted by Gasteiger charge is 2.35. The number of hydrogen-bond acceptors (Lipinski definition) is 8. The van der Waals surface area contributed by atoms with E-state index in [0.717, 1.165) is 41.9 Å². The second kappa shape index (κ2) is 12.4. The molecular formula is C26H31ClN2O4S2. The van der Waals surface area contributed by atoms with Crippen LogP contribution in [0.1, 0.15) is 31.1 Å². The van der Waals surface area contributed by atoms with Crippen LogP contribution in [0.5, 0.6) is 5.75 Å². The average Bonchev–Trinajstić information content (AvgIpc) is 3.40. The summed E-state index contributed by atoms with van der Waals surface area (Å²) in [5.74, 6) is 1.52. The third kappa shape index (κ3) is 6.68. The van der Waals surface area contributed by atoms with Gasteiger partial charge in [0.2, 0.25) is 0 Å². The standard InChI is InChI=1S/C26H31ClN2O4S2/c1-32-19-6-7-22-18(14-19)15-21(27)25(28-22)23(30)8-5-17-9-10-29(16-20(17)26(31)33-2)11-13-35-24-4-3-12-34-24/h3-4,6-7,12,14-15,17,20,23,30H,5,8-11,13,16H2,1-2H3/t17-,20+,23-/m0/s1. The fraction of sp³-hybridized carbons (Fsp3) is 0.462. The van der Waals surface area contributed by atoms with Crippen LogP contribution in [-0.2, 0) is 9.53 Å². The Kier molecular flexibility index (Phi) is 9.30. The third-order valence-corrected chi connectivity index (χ3v) is 9.03. The van der Waals surface area contributed by atoms with Crippen LogP contribution >= 0.6 is 34.7 Å². The molecule has 0 unspecified atom stereocenters.